The highest BCUT2D eigenvalue weighted by molar-refractivity contribution is 6.17. The number of fused-ring (bicyclic) bond motifs is 1. The fourth-order valence-corrected chi connectivity index (χ4v) is 3.08. The summed E-state index contributed by atoms with van der Waals surface area (Å²) < 4.78 is 11.5. The van der Waals surface area contributed by atoms with E-state index in [1.165, 1.54) is 0 Å². The molecule has 3 rings (SSSR count). The first-order valence-corrected chi connectivity index (χ1v) is 9.13. The number of benzene rings is 2. The first kappa shape index (κ1) is 19.0. The third-order valence-corrected chi connectivity index (χ3v) is 4.51. The number of aryl methyl sites for hydroxylation is 1. The van der Waals surface area contributed by atoms with Gasteiger partial charge in [0.05, 0.1) is 12.2 Å². The first-order chi connectivity index (χ1) is 13.0. The van der Waals surface area contributed by atoms with Gasteiger partial charge >= 0.3 is 0 Å². The number of carbonyl (C=O) groups excluding carboxylic acids is 1. The summed E-state index contributed by atoms with van der Waals surface area (Å²) in [6.07, 6.45) is 0.960. The Morgan fingerprint density at radius 2 is 1.89 bits per heavy atom. The van der Waals surface area contributed by atoms with E-state index in [1.54, 1.807) is 0 Å². The van der Waals surface area contributed by atoms with Gasteiger partial charge in [-0.25, -0.2) is 0 Å². The van der Waals surface area contributed by atoms with Crippen molar-refractivity contribution < 1.29 is 13.9 Å². The second-order valence-corrected chi connectivity index (χ2v) is 6.85. The Morgan fingerprint density at radius 3 is 2.56 bits per heavy atom. The minimum absolute atomic E-state index is 0.0429. The zero-order valence-electron chi connectivity index (χ0n) is 16.3. The van der Waals surface area contributed by atoms with E-state index in [2.05, 4.69) is 10.2 Å². The molecule has 142 valence electrons. The van der Waals surface area contributed by atoms with E-state index in [4.69, 9.17) is 9.15 Å². The van der Waals surface area contributed by atoms with Crippen LogP contribution in [-0.2, 0) is 0 Å². The summed E-state index contributed by atoms with van der Waals surface area (Å²) in [7, 11) is 5.94. The Labute approximate surface area is 159 Å². The molecule has 0 spiro atoms. The number of hydrogen-bond donors (Lipinski definition) is 1. The first-order valence-electron chi connectivity index (χ1n) is 9.13. The Hall–Kier alpha value is -2.79. The third kappa shape index (κ3) is 4.31. The van der Waals surface area contributed by atoms with Crippen LogP contribution in [0.1, 0.15) is 28.1 Å². The van der Waals surface area contributed by atoms with Crippen LogP contribution in [0.2, 0.25) is 0 Å². The van der Waals surface area contributed by atoms with E-state index in [0.717, 1.165) is 35.4 Å². The van der Waals surface area contributed by atoms with Crippen LogP contribution < -0.4 is 10.1 Å². The Morgan fingerprint density at radius 1 is 1.15 bits per heavy atom. The van der Waals surface area contributed by atoms with Gasteiger partial charge in [-0.2, -0.15) is 0 Å². The van der Waals surface area contributed by atoms with Crippen molar-refractivity contribution in [2.24, 2.45) is 0 Å². The molecule has 1 heterocycles. The predicted octanol–water partition coefficient (Wildman–Crippen LogP) is 4.34. The molecular weight excluding hydrogens is 340 g/mol. The van der Waals surface area contributed by atoms with Crippen molar-refractivity contribution in [3.8, 4) is 5.75 Å². The fourth-order valence-electron chi connectivity index (χ4n) is 3.08. The molecule has 0 aliphatic rings. The highest BCUT2D eigenvalue weighted by atomic mass is 16.5. The average molecular weight is 366 g/mol. The minimum Gasteiger partial charge on any atom is -0.494 e. The molecule has 5 nitrogen and oxygen atoms in total. The zero-order chi connectivity index (χ0) is 19.4. The molecule has 0 unspecified atom stereocenters. The van der Waals surface area contributed by atoms with Crippen molar-refractivity contribution in [2.75, 3.05) is 39.6 Å². The minimum atomic E-state index is -0.0429. The molecule has 0 atom stereocenters. The summed E-state index contributed by atoms with van der Waals surface area (Å²) >= 11 is 0. The monoisotopic (exact) mass is 366 g/mol. The third-order valence-electron chi connectivity index (χ3n) is 4.51. The summed E-state index contributed by atoms with van der Waals surface area (Å²) in [5, 5.41) is 3.93. The average Bonchev–Trinajstić information content (AvgIpc) is 2.99. The molecular formula is C22H26N2O3. The van der Waals surface area contributed by atoms with E-state index < -0.39 is 0 Å². The van der Waals surface area contributed by atoms with Gasteiger partial charge in [-0.3, -0.25) is 4.79 Å². The summed E-state index contributed by atoms with van der Waals surface area (Å²) in [5.74, 6) is 1.36. The zero-order valence-corrected chi connectivity index (χ0v) is 16.3. The van der Waals surface area contributed by atoms with Crippen molar-refractivity contribution in [3.63, 3.8) is 0 Å². The van der Waals surface area contributed by atoms with Crippen molar-refractivity contribution in [3.05, 3.63) is 59.4 Å². The second-order valence-electron chi connectivity index (χ2n) is 6.85. The lowest BCUT2D eigenvalue weighted by Gasteiger charge is -2.10. The van der Waals surface area contributed by atoms with E-state index in [1.807, 2.05) is 70.5 Å². The van der Waals surface area contributed by atoms with Crippen LogP contribution in [0, 0.1) is 6.92 Å². The predicted molar refractivity (Wildman–Crippen MR) is 109 cm³/mol. The largest absolute Gasteiger partial charge is 0.494 e. The van der Waals surface area contributed by atoms with Crippen molar-refractivity contribution >= 4 is 22.4 Å². The van der Waals surface area contributed by atoms with Crippen molar-refractivity contribution in [1.29, 1.82) is 0 Å². The lowest BCUT2D eigenvalue weighted by Crippen LogP contribution is -2.15. The number of furan rings is 1. The lowest BCUT2D eigenvalue weighted by molar-refractivity contribution is 0.103. The molecule has 0 aliphatic carbocycles. The van der Waals surface area contributed by atoms with Crippen molar-refractivity contribution in [2.45, 2.75) is 13.3 Å². The van der Waals surface area contributed by atoms with E-state index in [0.29, 0.717) is 23.5 Å². The highest BCUT2D eigenvalue weighted by Crippen LogP contribution is 2.30. The summed E-state index contributed by atoms with van der Waals surface area (Å²) in [4.78, 5) is 15.2. The van der Waals surface area contributed by atoms with Gasteiger partial charge < -0.3 is 19.4 Å². The molecule has 0 saturated heterocycles. The molecule has 27 heavy (non-hydrogen) atoms. The normalized spacial score (nSPS) is 11.1. The van der Waals surface area contributed by atoms with Gasteiger partial charge in [-0.1, -0.05) is 0 Å². The highest BCUT2D eigenvalue weighted by Gasteiger charge is 2.20. The molecule has 5 heteroatoms. The number of hydrogen-bond acceptors (Lipinski definition) is 5. The maximum atomic E-state index is 13.1. The maximum absolute atomic E-state index is 13.1. The molecule has 0 bridgehead atoms. The van der Waals surface area contributed by atoms with Crippen LogP contribution in [0.3, 0.4) is 0 Å². The number of ketones is 1. The summed E-state index contributed by atoms with van der Waals surface area (Å²) in [5.41, 5.74) is 2.90. The quantitative estimate of drug-likeness (QED) is 0.475. The topological polar surface area (TPSA) is 54.7 Å². The number of rotatable bonds is 8. The van der Waals surface area contributed by atoms with Crippen LogP contribution in [0.4, 0.5) is 5.69 Å². The molecule has 1 N–H and O–H groups in total. The van der Waals surface area contributed by atoms with Crippen LogP contribution >= 0.6 is 0 Å². The summed E-state index contributed by atoms with van der Waals surface area (Å²) in [6.45, 7) is 3.47. The lowest BCUT2D eigenvalue weighted by atomic mass is 10.00. The molecule has 0 aliphatic heterocycles. The van der Waals surface area contributed by atoms with Gasteiger partial charge in [-0.15, -0.1) is 0 Å². The Bertz CT molecular complexity index is 927. The number of nitrogens with one attached hydrogen (secondary N) is 1. The van der Waals surface area contributed by atoms with E-state index in [-0.39, 0.29) is 5.78 Å². The molecule has 1 aromatic heterocycles. The second kappa shape index (κ2) is 8.27. The molecule has 3 aromatic rings. The summed E-state index contributed by atoms with van der Waals surface area (Å²) in [6, 6.07) is 13.1. The number of anilines is 1. The Balaban J connectivity index is 1.78. The van der Waals surface area contributed by atoms with Gasteiger partial charge in [0.25, 0.3) is 0 Å². The smallest absolute Gasteiger partial charge is 0.197 e. The molecule has 0 radical (unpaired) electrons. The number of carbonyl (C=O) groups is 1. The van der Waals surface area contributed by atoms with Crippen LogP contribution in [0.15, 0.2) is 46.9 Å². The molecule has 2 aromatic carbocycles. The number of nitrogens with zero attached hydrogens (tertiary/aromatic N) is 1. The van der Waals surface area contributed by atoms with Gasteiger partial charge in [0, 0.05) is 30.2 Å². The van der Waals surface area contributed by atoms with Crippen LogP contribution in [0.25, 0.3) is 11.0 Å². The molecule has 0 fully saturated rings. The van der Waals surface area contributed by atoms with Gasteiger partial charge in [-0.05, 0) is 69.9 Å². The van der Waals surface area contributed by atoms with Gasteiger partial charge in [0.2, 0.25) is 0 Å². The Kier molecular flexibility index (Phi) is 5.81. The fraction of sp³-hybridized carbons (Fsp3) is 0.318. The van der Waals surface area contributed by atoms with Crippen molar-refractivity contribution in [1.82, 2.24) is 4.90 Å². The maximum Gasteiger partial charge on any atom is 0.197 e. The van der Waals surface area contributed by atoms with E-state index >= 15 is 0 Å². The van der Waals surface area contributed by atoms with Gasteiger partial charge in [0.15, 0.2) is 5.78 Å². The standard InChI is InChI=1S/C22H26N2O3/c1-15-21(19-14-17(23-2)8-11-20(19)27-15)22(25)16-6-9-18(10-7-16)26-13-5-12-24(3)4/h6-11,14,23H,5,12-13H2,1-4H3. The molecule has 0 amide bonds. The van der Waals surface area contributed by atoms with Crippen LogP contribution in [-0.4, -0.2) is 45.0 Å². The van der Waals surface area contributed by atoms with Crippen LogP contribution in [0.5, 0.6) is 5.75 Å². The molecule has 0 saturated carbocycles. The van der Waals surface area contributed by atoms with Gasteiger partial charge in [0.1, 0.15) is 17.1 Å². The number of ether oxygens (including phenoxy) is 1. The van der Waals surface area contributed by atoms with E-state index in [9.17, 15) is 4.79 Å². The SMILES string of the molecule is CNc1ccc2oc(C)c(C(=O)c3ccc(OCCCN(C)C)cc3)c2c1.